The Morgan fingerprint density at radius 3 is 2.53 bits per heavy atom. The van der Waals surface area contributed by atoms with Crippen LogP contribution in [-0.2, 0) is 6.61 Å². The Labute approximate surface area is 104 Å². The van der Waals surface area contributed by atoms with Crippen LogP contribution in [0.1, 0.15) is 5.69 Å². The van der Waals surface area contributed by atoms with E-state index in [0.717, 1.165) is 11.4 Å². The van der Waals surface area contributed by atoms with Gasteiger partial charge in [-0.15, -0.1) is 11.8 Å². The van der Waals surface area contributed by atoms with E-state index in [0.29, 0.717) is 12.4 Å². The molecular weight excluding hydrogens is 234 g/mol. The van der Waals surface area contributed by atoms with Crippen LogP contribution in [0.2, 0.25) is 0 Å². The van der Waals surface area contributed by atoms with Gasteiger partial charge in [-0.2, -0.15) is 0 Å². The molecule has 0 amide bonds. The van der Waals surface area contributed by atoms with E-state index in [-0.39, 0.29) is 0 Å². The standard InChI is InChI=1S/C12H13N3OS/c1-17-11-4-2-10(3-5-11)16-8-9-6-15-12(13)7-14-9/h2-7H,8H2,1H3,(H2,13,15). The summed E-state index contributed by atoms with van der Waals surface area (Å²) in [6.07, 6.45) is 5.18. The van der Waals surface area contributed by atoms with Gasteiger partial charge in [-0.25, -0.2) is 4.98 Å². The molecule has 0 radical (unpaired) electrons. The molecule has 0 aliphatic heterocycles. The summed E-state index contributed by atoms with van der Waals surface area (Å²) in [4.78, 5) is 9.27. The lowest BCUT2D eigenvalue weighted by molar-refractivity contribution is 0.300. The normalized spacial score (nSPS) is 10.2. The van der Waals surface area contributed by atoms with Crippen molar-refractivity contribution in [2.75, 3.05) is 12.0 Å². The zero-order chi connectivity index (χ0) is 12.1. The lowest BCUT2D eigenvalue weighted by atomic mass is 10.3. The van der Waals surface area contributed by atoms with Crippen molar-refractivity contribution in [1.29, 1.82) is 0 Å². The van der Waals surface area contributed by atoms with E-state index >= 15 is 0 Å². The molecule has 2 aromatic rings. The smallest absolute Gasteiger partial charge is 0.141 e. The molecule has 5 heteroatoms. The Morgan fingerprint density at radius 1 is 1.18 bits per heavy atom. The molecule has 1 heterocycles. The molecule has 0 bridgehead atoms. The second-order valence-corrected chi connectivity index (χ2v) is 4.28. The fraction of sp³-hybridized carbons (Fsp3) is 0.167. The lowest BCUT2D eigenvalue weighted by Crippen LogP contribution is -2.00. The molecule has 1 aromatic heterocycles. The van der Waals surface area contributed by atoms with Crippen LogP contribution in [0, 0.1) is 0 Å². The van der Waals surface area contributed by atoms with Gasteiger partial charge in [0.15, 0.2) is 0 Å². The first-order valence-electron chi connectivity index (χ1n) is 5.11. The average Bonchev–Trinajstić information content (AvgIpc) is 2.39. The monoisotopic (exact) mass is 247 g/mol. The molecule has 0 atom stereocenters. The van der Waals surface area contributed by atoms with E-state index in [9.17, 15) is 0 Å². The van der Waals surface area contributed by atoms with Crippen LogP contribution in [0.25, 0.3) is 0 Å². The Hall–Kier alpha value is -1.75. The molecular formula is C12H13N3OS. The highest BCUT2D eigenvalue weighted by Crippen LogP contribution is 2.19. The zero-order valence-electron chi connectivity index (χ0n) is 9.46. The molecule has 0 aliphatic carbocycles. The zero-order valence-corrected chi connectivity index (χ0v) is 10.3. The van der Waals surface area contributed by atoms with Crippen molar-refractivity contribution >= 4 is 17.6 Å². The van der Waals surface area contributed by atoms with Crippen LogP contribution < -0.4 is 10.5 Å². The van der Waals surface area contributed by atoms with Gasteiger partial charge in [-0.05, 0) is 30.5 Å². The Morgan fingerprint density at radius 2 is 1.94 bits per heavy atom. The van der Waals surface area contributed by atoms with Crippen molar-refractivity contribution < 1.29 is 4.74 Å². The number of rotatable bonds is 4. The van der Waals surface area contributed by atoms with Crippen LogP contribution in [0.3, 0.4) is 0 Å². The third kappa shape index (κ3) is 3.35. The molecule has 0 spiro atoms. The fourth-order valence-electron chi connectivity index (χ4n) is 1.27. The Balaban J connectivity index is 1.95. The highest BCUT2D eigenvalue weighted by Gasteiger charge is 1.98. The van der Waals surface area contributed by atoms with Crippen LogP contribution in [0.4, 0.5) is 5.82 Å². The van der Waals surface area contributed by atoms with Gasteiger partial charge in [0.2, 0.25) is 0 Å². The number of thioether (sulfide) groups is 1. The second-order valence-electron chi connectivity index (χ2n) is 3.40. The number of hydrogen-bond donors (Lipinski definition) is 1. The number of nitrogen functional groups attached to an aromatic ring is 1. The molecule has 0 fully saturated rings. The third-order valence-electron chi connectivity index (χ3n) is 2.17. The first-order chi connectivity index (χ1) is 8.28. The van der Waals surface area contributed by atoms with Gasteiger partial charge in [0.25, 0.3) is 0 Å². The van der Waals surface area contributed by atoms with Gasteiger partial charge >= 0.3 is 0 Å². The van der Waals surface area contributed by atoms with E-state index < -0.39 is 0 Å². The number of nitrogens with two attached hydrogens (primary N) is 1. The first kappa shape index (κ1) is 11.7. The van der Waals surface area contributed by atoms with Gasteiger partial charge in [-0.1, -0.05) is 0 Å². The maximum absolute atomic E-state index is 5.58. The molecule has 2 N–H and O–H groups in total. The van der Waals surface area contributed by atoms with Crippen molar-refractivity contribution in [3.8, 4) is 5.75 Å². The predicted octanol–water partition coefficient (Wildman–Crippen LogP) is 2.36. The summed E-state index contributed by atoms with van der Waals surface area (Å²) in [5.74, 6) is 1.24. The van der Waals surface area contributed by atoms with Crippen molar-refractivity contribution in [3.63, 3.8) is 0 Å². The lowest BCUT2D eigenvalue weighted by Gasteiger charge is -2.06. The number of anilines is 1. The van der Waals surface area contributed by atoms with E-state index in [1.165, 1.54) is 11.1 Å². The van der Waals surface area contributed by atoms with E-state index in [4.69, 9.17) is 10.5 Å². The highest BCUT2D eigenvalue weighted by atomic mass is 32.2. The largest absolute Gasteiger partial charge is 0.487 e. The van der Waals surface area contributed by atoms with Crippen molar-refractivity contribution in [2.45, 2.75) is 11.5 Å². The summed E-state index contributed by atoms with van der Waals surface area (Å²) in [5, 5.41) is 0. The third-order valence-corrected chi connectivity index (χ3v) is 2.92. The Bertz CT molecular complexity index is 470. The minimum absolute atomic E-state index is 0.395. The summed E-state index contributed by atoms with van der Waals surface area (Å²) >= 11 is 1.70. The number of benzene rings is 1. The summed E-state index contributed by atoms with van der Waals surface area (Å²) in [6.45, 7) is 0.395. The predicted molar refractivity (Wildman–Crippen MR) is 69.0 cm³/mol. The van der Waals surface area contributed by atoms with Crippen LogP contribution in [0.15, 0.2) is 41.6 Å². The molecule has 2 rings (SSSR count). The fourth-order valence-corrected chi connectivity index (χ4v) is 1.68. The van der Waals surface area contributed by atoms with Gasteiger partial charge < -0.3 is 10.5 Å². The van der Waals surface area contributed by atoms with Crippen LogP contribution >= 0.6 is 11.8 Å². The molecule has 0 unspecified atom stereocenters. The summed E-state index contributed by atoms with van der Waals surface area (Å²) in [5.41, 5.74) is 6.21. The molecule has 0 aliphatic rings. The molecule has 1 aromatic carbocycles. The minimum Gasteiger partial charge on any atom is -0.487 e. The topological polar surface area (TPSA) is 61.0 Å². The minimum atomic E-state index is 0.395. The summed E-state index contributed by atoms with van der Waals surface area (Å²) < 4.78 is 5.58. The average molecular weight is 247 g/mol. The Kier molecular flexibility index (Phi) is 3.82. The van der Waals surface area contributed by atoms with Crippen molar-refractivity contribution in [3.05, 3.63) is 42.4 Å². The quantitative estimate of drug-likeness (QED) is 0.840. The number of hydrogen-bond acceptors (Lipinski definition) is 5. The summed E-state index contributed by atoms with van der Waals surface area (Å²) in [6, 6.07) is 7.93. The van der Waals surface area contributed by atoms with E-state index in [1.807, 2.05) is 30.5 Å². The maximum atomic E-state index is 5.58. The highest BCUT2D eigenvalue weighted by molar-refractivity contribution is 7.98. The van der Waals surface area contributed by atoms with Crippen LogP contribution in [-0.4, -0.2) is 16.2 Å². The number of ether oxygens (including phenoxy) is 1. The van der Waals surface area contributed by atoms with Gasteiger partial charge in [0, 0.05) is 4.90 Å². The molecule has 0 saturated heterocycles. The van der Waals surface area contributed by atoms with Gasteiger partial charge in [-0.3, -0.25) is 4.98 Å². The van der Waals surface area contributed by atoms with Gasteiger partial charge in [0.1, 0.15) is 18.2 Å². The number of nitrogens with zero attached hydrogens (tertiary/aromatic N) is 2. The number of aromatic nitrogens is 2. The molecule has 17 heavy (non-hydrogen) atoms. The van der Waals surface area contributed by atoms with E-state index in [2.05, 4.69) is 9.97 Å². The van der Waals surface area contributed by atoms with Crippen molar-refractivity contribution in [2.24, 2.45) is 0 Å². The molecule has 0 saturated carbocycles. The first-order valence-corrected chi connectivity index (χ1v) is 6.33. The van der Waals surface area contributed by atoms with Gasteiger partial charge in [0.05, 0.1) is 18.1 Å². The maximum Gasteiger partial charge on any atom is 0.141 e. The molecule has 88 valence electrons. The summed E-state index contributed by atoms with van der Waals surface area (Å²) in [7, 11) is 0. The van der Waals surface area contributed by atoms with Crippen LogP contribution in [0.5, 0.6) is 5.75 Å². The second kappa shape index (κ2) is 5.54. The van der Waals surface area contributed by atoms with Crippen molar-refractivity contribution in [1.82, 2.24) is 9.97 Å². The SMILES string of the molecule is CSc1ccc(OCc2cnc(N)cn2)cc1. The van der Waals surface area contributed by atoms with E-state index in [1.54, 1.807) is 18.0 Å². The molecule has 4 nitrogen and oxygen atoms in total.